The summed E-state index contributed by atoms with van der Waals surface area (Å²) in [7, 11) is 0. The molecule has 0 spiro atoms. The van der Waals surface area contributed by atoms with Crippen LogP contribution in [0.15, 0.2) is 72.3 Å². The molecule has 0 bridgehead atoms. The molecule has 0 aliphatic rings. The number of nitrogens with one attached hydrogen (secondary N) is 1. The minimum absolute atomic E-state index is 0.0983. The molecule has 3 aromatic carbocycles. The van der Waals surface area contributed by atoms with E-state index < -0.39 is 22.5 Å². The monoisotopic (exact) mass is 481 g/mol. The van der Waals surface area contributed by atoms with Crippen LogP contribution in [0.5, 0.6) is 5.75 Å². The second kappa shape index (κ2) is 10.4. The predicted molar refractivity (Wildman–Crippen MR) is 123 cm³/mol. The number of amides is 1. The molecule has 1 N–H and O–H groups in total. The molecule has 1 amide bonds. The van der Waals surface area contributed by atoms with Gasteiger partial charge >= 0.3 is 5.97 Å². The predicted octanol–water partition coefficient (Wildman–Crippen LogP) is 5.67. The van der Waals surface area contributed by atoms with Crippen LogP contribution in [-0.4, -0.2) is 16.8 Å². The normalized spacial score (nSPS) is 10.8. The van der Waals surface area contributed by atoms with Gasteiger partial charge < -0.3 is 10.1 Å². The van der Waals surface area contributed by atoms with Crippen LogP contribution in [0.1, 0.15) is 15.9 Å². The summed E-state index contributed by atoms with van der Waals surface area (Å²) in [5.74, 6) is -1.18. The standard InChI is InChI=1S/C23H13Cl2N3O5/c24-17-3-1-2-15(11-17)23(30)33-19-7-4-14(5-8-19)10-16(13-26)22(29)27-20-9-6-18(25)12-21(20)28(31)32/h1-12H,(H,27,29)/b16-10+. The largest absolute Gasteiger partial charge is 0.423 e. The van der Waals surface area contributed by atoms with Crippen molar-refractivity contribution in [3.63, 3.8) is 0 Å². The van der Waals surface area contributed by atoms with Crippen LogP contribution >= 0.6 is 23.2 Å². The molecule has 0 radical (unpaired) electrons. The average Bonchev–Trinajstić information content (AvgIpc) is 2.79. The minimum atomic E-state index is -0.834. The molecule has 33 heavy (non-hydrogen) atoms. The molecule has 3 rings (SSSR count). The Balaban J connectivity index is 1.74. The summed E-state index contributed by atoms with van der Waals surface area (Å²) < 4.78 is 5.28. The Morgan fingerprint density at radius 1 is 1.03 bits per heavy atom. The first kappa shape index (κ1) is 23.5. The van der Waals surface area contributed by atoms with E-state index in [1.165, 1.54) is 48.5 Å². The molecule has 3 aromatic rings. The lowest BCUT2D eigenvalue weighted by molar-refractivity contribution is -0.383. The fraction of sp³-hybridized carbons (Fsp3) is 0. The van der Waals surface area contributed by atoms with Crippen LogP contribution < -0.4 is 10.1 Å². The molecule has 0 saturated carbocycles. The molecule has 0 unspecified atom stereocenters. The summed E-state index contributed by atoms with van der Waals surface area (Å²) in [6.07, 6.45) is 1.29. The van der Waals surface area contributed by atoms with Crippen molar-refractivity contribution < 1.29 is 19.2 Å². The molecule has 0 heterocycles. The number of halogens is 2. The summed E-state index contributed by atoms with van der Waals surface area (Å²) in [6, 6.07) is 17.9. The maximum absolute atomic E-state index is 12.5. The fourth-order valence-corrected chi connectivity index (χ4v) is 3.04. The zero-order valence-electron chi connectivity index (χ0n) is 16.6. The topological polar surface area (TPSA) is 122 Å². The highest BCUT2D eigenvalue weighted by atomic mass is 35.5. The lowest BCUT2D eigenvalue weighted by Crippen LogP contribution is -2.14. The van der Waals surface area contributed by atoms with Crippen LogP contribution in [0.4, 0.5) is 11.4 Å². The smallest absolute Gasteiger partial charge is 0.343 e. The van der Waals surface area contributed by atoms with Crippen molar-refractivity contribution in [3.05, 3.63) is 104 Å². The van der Waals surface area contributed by atoms with Gasteiger partial charge in [0.15, 0.2) is 0 Å². The zero-order valence-corrected chi connectivity index (χ0v) is 18.1. The molecule has 0 atom stereocenters. The van der Waals surface area contributed by atoms with Gasteiger partial charge in [-0.1, -0.05) is 41.4 Å². The molecule has 10 heteroatoms. The van der Waals surface area contributed by atoms with Gasteiger partial charge in [-0.15, -0.1) is 0 Å². The minimum Gasteiger partial charge on any atom is -0.423 e. The summed E-state index contributed by atoms with van der Waals surface area (Å²) in [4.78, 5) is 35.1. The average molecular weight is 482 g/mol. The van der Waals surface area contributed by atoms with Crippen LogP contribution in [0.25, 0.3) is 6.08 Å². The van der Waals surface area contributed by atoms with Gasteiger partial charge in [-0.05, 0) is 54.1 Å². The van der Waals surface area contributed by atoms with Crippen molar-refractivity contribution in [2.75, 3.05) is 5.32 Å². The molecule has 0 aliphatic carbocycles. The van der Waals surface area contributed by atoms with Crippen LogP contribution in [0, 0.1) is 21.4 Å². The Morgan fingerprint density at radius 2 is 1.73 bits per heavy atom. The van der Waals surface area contributed by atoms with E-state index in [1.807, 2.05) is 0 Å². The Kier molecular flexibility index (Phi) is 7.41. The lowest BCUT2D eigenvalue weighted by Gasteiger charge is -2.06. The number of carbonyl (C=O) groups is 2. The number of esters is 1. The maximum atomic E-state index is 12.5. The van der Waals surface area contributed by atoms with Gasteiger partial charge in [0.25, 0.3) is 11.6 Å². The van der Waals surface area contributed by atoms with Crippen molar-refractivity contribution in [3.8, 4) is 11.8 Å². The third-order valence-corrected chi connectivity index (χ3v) is 4.70. The Labute approximate surface area is 197 Å². The van der Waals surface area contributed by atoms with Crippen LogP contribution in [-0.2, 0) is 4.79 Å². The molecule has 0 aliphatic heterocycles. The van der Waals surface area contributed by atoms with Gasteiger partial charge in [0.2, 0.25) is 0 Å². The van der Waals surface area contributed by atoms with Crippen LogP contribution in [0.3, 0.4) is 0 Å². The third kappa shape index (κ3) is 6.17. The second-order valence-corrected chi connectivity index (χ2v) is 7.38. The maximum Gasteiger partial charge on any atom is 0.343 e. The van der Waals surface area contributed by atoms with Gasteiger partial charge in [-0.2, -0.15) is 5.26 Å². The number of carbonyl (C=O) groups excluding carboxylic acids is 2. The Hall–Kier alpha value is -4.19. The SMILES string of the molecule is N#C/C(=C\c1ccc(OC(=O)c2cccc(Cl)c2)cc1)C(=O)Nc1ccc(Cl)cc1[N+](=O)[O-]. The third-order valence-electron chi connectivity index (χ3n) is 4.23. The number of nitro groups is 1. The van der Waals surface area contributed by atoms with E-state index in [2.05, 4.69) is 5.32 Å². The van der Waals surface area contributed by atoms with E-state index in [9.17, 15) is 25.0 Å². The number of nitrogens with zero attached hydrogens (tertiary/aromatic N) is 2. The molecular formula is C23H13Cl2N3O5. The van der Waals surface area contributed by atoms with Crippen molar-refractivity contribution >= 4 is 52.5 Å². The van der Waals surface area contributed by atoms with Gasteiger partial charge in [0.05, 0.1) is 10.5 Å². The lowest BCUT2D eigenvalue weighted by atomic mass is 10.1. The second-order valence-electron chi connectivity index (χ2n) is 6.51. The Morgan fingerprint density at radius 3 is 2.36 bits per heavy atom. The molecule has 0 saturated heterocycles. The number of anilines is 1. The summed E-state index contributed by atoms with van der Waals surface area (Å²) in [6.45, 7) is 0. The Bertz CT molecular complexity index is 1310. The molecule has 0 aromatic heterocycles. The molecule has 0 fully saturated rings. The van der Waals surface area contributed by atoms with Gasteiger partial charge in [0, 0.05) is 16.1 Å². The van der Waals surface area contributed by atoms with E-state index in [1.54, 1.807) is 24.3 Å². The molecule has 8 nitrogen and oxygen atoms in total. The number of nitriles is 1. The quantitative estimate of drug-likeness (QED) is 0.121. The summed E-state index contributed by atoms with van der Waals surface area (Å²) in [5.41, 5.74) is -0.0400. The van der Waals surface area contributed by atoms with E-state index in [0.717, 1.165) is 6.07 Å². The molecular weight excluding hydrogens is 469 g/mol. The van der Waals surface area contributed by atoms with Gasteiger partial charge in [-0.25, -0.2) is 4.79 Å². The van der Waals surface area contributed by atoms with Crippen molar-refractivity contribution in [2.24, 2.45) is 0 Å². The number of rotatable bonds is 6. The first-order chi connectivity index (χ1) is 15.8. The number of hydrogen-bond acceptors (Lipinski definition) is 6. The van der Waals surface area contributed by atoms with Crippen molar-refractivity contribution in [1.29, 1.82) is 5.26 Å². The van der Waals surface area contributed by atoms with Gasteiger partial charge in [0.1, 0.15) is 23.1 Å². The van der Waals surface area contributed by atoms with E-state index in [4.69, 9.17) is 27.9 Å². The van der Waals surface area contributed by atoms with Crippen molar-refractivity contribution in [1.82, 2.24) is 0 Å². The fourth-order valence-electron chi connectivity index (χ4n) is 2.68. The number of nitro benzene ring substituents is 1. The van der Waals surface area contributed by atoms with Gasteiger partial charge in [-0.3, -0.25) is 14.9 Å². The highest BCUT2D eigenvalue weighted by Gasteiger charge is 2.18. The number of benzene rings is 3. The first-order valence-electron chi connectivity index (χ1n) is 9.21. The van der Waals surface area contributed by atoms with E-state index >= 15 is 0 Å². The number of hydrogen-bond donors (Lipinski definition) is 1. The van der Waals surface area contributed by atoms with E-state index in [0.29, 0.717) is 10.6 Å². The zero-order chi connectivity index (χ0) is 24.0. The highest BCUT2D eigenvalue weighted by molar-refractivity contribution is 6.31. The molecule has 164 valence electrons. The van der Waals surface area contributed by atoms with Crippen molar-refractivity contribution in [2.45, 2.75) is 0 Å². The highest BCUT2D eigenvalue weighted by Crippen LogP contribution is 2.28. The van der Waals surface area contributed by atoms with E-state index in [-0.39, 0.29) is 27.6 Å². The summed E-state index contributed by atoms with van der Waals surface area (Å²) in [5, 5.41) is 23.4. The van der Waals surface area contributed by atoms with Crippen LogP contribution in [0.2, 0.25) is 10.0 Å². The number of ether oxygens (including phenoxy) is 1. The first-order valence-corrected chi connectivity index (χ1v) is 9.97. The summed E-state index contributed by atoms with van der Waals surface area (Å²) >= 11 is 11.6.